The maximum atomic E-state index is 12.9. The highest BCUT2D eigenvalue weighted by molar-refractivity contribution is 6.31. The average Bonchev–Trinajstić information content (AvgIpc) is 2.53. The summed E-state index contributed by atoms with van der Waals surface area (Å²) in [4.78, 5) is 25.8. The Morgan fingerprint density at radius 2 is 1.67 bits per heavy atom. The second kappa shape index (κ2) is 8.00. The third kappa shape index (κ3) is 5.47. The standard InChI is InChI=1S/C19H18ClF3N2O2/c1-11-6-12(2)8-13(7-11)18(27)25(3)10-17(26)24-14-4-5-16(20)15(9-14)19(21,22)23/h4-9H,10H2,1-3H3,(H,24,26). The SMILES string of the molecule is Cc1cc(C)cc(C(=O)N(C)CC(=O)Nc2ccc(Cl)c(C(F)(F)F)c2)c1. The number of aryl methyl sites for hydroxylation is 2. The largest absolute Gasteiger partial charge is 0.417 e. The van der Waals surface area contributed by atoms with Crippen molar-refractivity contribution < 1.29 is 22.8 Å². The molecule has 0 heterocycles. The molecule has 0 aliphatic rings. The molecular formula is C19H18ClF3N2O2. The number of carbonyl (C=O) groups excluding carboxylic acids is 2. The minimum Gasteiger partial charge on any atom is -0.332 e. The van der Waals surface area contributed by atoms with Crippen molar-refractivity contribution in [3.05, 3.63) is 63.7 Å². The van der Waals surface area contributed by atoms with E-state index in [1.165, 1.54) is 18.0 Å². The third-order valence-electron chi connectivity index (χ3n) is 3.75. The van der Waals surface area contributed by atoms with Crippen LogP contribution in [0.3, 0.4) is 0 Å². The van der Waals surface area contributed by atoms with Gasteiger partial charge < -0.3 is 10.2 Å². The normalized spacial score (nSPS) is 11.2. The first-order valence-electron chi connectivity index (χ1n) is 7.97. The first kappa shape index (κ1) is 20.8. The fourth-order valence-corrected chi connectivity index (χ4v) is 2.85. The monoisotopic (exact) mass is 398 g/mol. The van der Waals surface area contributed by atoms with Crippen LogP contribution in [0.2, 0.25) is 5.02 Å². The first-order valence-corrected chi connectivity index (χ1v) is 8.35. The quantitative estimate of drug-likeness (QED) is 0.812. The summed E-state index contributed by atoms with van der Waals surface area (Å²) in [6.07, 6.45) is -4.63. The van der Waals surface area contributed by atoms with Gasteiger partial charge in [0.2, 0.25) is 5.91 Å². The molecule has 144 valence electrons. The molecule has 2 aromatic carbocycles. The number of likely N-dealkylation sites (N-methyl/N-ethyl adjacent to an activating group) is 1. The molecule has 2 rings (SSSR count). The van der Waals surface area contributed by atoms with Crippen LogP contribution in [0, 0.1) is 13.8 Å². The predicted molar refractivity (Wildman–Crippen MR) is 98.0 cm³/mol. The Hall–Kier alpha value is -2.54. The van der Waals surface area contributed by atoms with Crippen LogP contribution in [-0.4, -0.2) is 30.3 Å². The fourth-order valence-electron chi connectivity index (χ4n) is 2.63. The van der Waals surface area contributed by atoms with Gasteiger partial charge in [0.1, 0.15) is 0 Å². The number of alkyl halides is 3. The van der Waals surface area contributed by atoms with E-state index in [1.807, 2.05) is 19.9 Å². The van der Waals surface area contributed by atoms with E-state index in [4.69, 9.17) is 11.6 Å². The highest BCUT2D eigenvalue weighted by atomic mass is 35.5. The van der Waals surface area contributed by atoms with E-state index >= 15 is 0 Å². The molecule has 0 bridgehead atoms. The van der Waals surface area contributed by atoms with Crippen LogP contribution >= 0.6 is 11.6 Å². The molecule has 27 heavy (non-hydrogen) atoms. The Kier molecular flexibility index (Phi) is 6.15. The lowest BCUT2D eigenvalue weighted by Crippen LogP contribution is -2.35. The maximum Gasteiger partial charge on any atom is 0.417 e. The van der Waals surface area contributed by atoms with E-state index in [1.54, 1.807) is 12.1 Å². The van der Waals surface area contributed by atoms with Crippen molar-refractivity contribution in [1.29, 1.82) is 0 Å². The van der Waals surface area contributed by atoms with E-state index < -0.39 is 22.7 Å². The van der Waals surface area contributed by atoms with Crippen LogP contribution in [0.4, 0.5) is 18.9 Å². The number of carbonyl (C=O) groups is 2. The highest BCUT2D eigenvalue weighted by Crippen LogP contribution is 2.36. The fraction of sp³-hybridized carbons (Fsp3) is 0.263. The Morgan fingerprint density at radius 1 is 1.07 bits per heavy atom. The Balaban J connectivity index is 2.08. The molecule has 0 atom stereocenters. The minimum atomic E-state index is -4.63. The zero-order valence-corrected chi connectivity index (χ0v) is 15.7. The molecule has 2 aromatic rings. The summed E-state index contributed by atoms with van der Waals surface area (Å²) < 4.78 is 38.7. The van der Waals surface area contributed by atoms with E-state index in [9.17, 15) is 22.8 Å². The molecule has 1 N–H and O–H groups in total. The van der Waals surface area contributed by atoms with Crippen molar-refractivity contribution in [1.82, 2.24) is 4.90 Å². The van der Waals surface area contributed by atoms with Crippen molar-refractivity contribution in [2.45, 2.75) is 20.0 Å². The summed E-state index contributed by atoms with van der Waals surface area (Å²) in [5, 5.41) is 1.89. The van der Waals surface area contributed by atoms with Gasteiger partial charge in [0, 0.05) is 18.3 Å². The number of rotatable bonds is 4. The van der Waals surface area contributed by atoms with Crippen LogP contribution in [-0.2, 0) is 11.0 Å². The number of nitrogens with zero attached hydrogens (tertiary/aromatic N) is 1. The van der Waals surface area contributed by atoms with Crippen molar-refractivity contribution in [2.24, 2.45) is 0 Å². The van der Waals surface area contributed by atoms with Gasteiger partial charge in [0.15, 0.2) is 0 Å². The number of benzene rings is 2. The summed E-state index contributed by atoms with van der Waals surface area (Å²) >= 11 is 5.55. The maximum absolute atomic E-state index is 12.9. The summed E-state index contributed by atoms with van der Waals surface area (Å²) in [6.45, 7) is 3.40. The van der Waals surface area contributed by atoms with E-state index in [0.717, 1.165) is 23.3 Å². The number of hydrogen-bond donors (Lipinski definition) is 1. The Morgan fingerprint density at radius 3 is 2.22 bits per heavy atom. The van der Waals surface area contributed by atoms with Crippen molar-refractivity contribution in [3.63, 3.8) is 0 Å². The van der Waals surface area contributed by atoms with Crippen LogP contribution < -0.4 is 5.32 Å². The van der Waals surface area contributed by atoms with Gasteiger partial charge in [0.05, 0.1) is 17.1 Å². The van der Waals surface area contributed by atoms with Crippen LogP contribution in [0.1, 0.15) is 27.0 Å². The topological polar surface area (TPSA) is 49.4 Å². The zero-order valence-electron chi connectivity index (χ0n) is 14.9. The molecule has 4 nitrogen and oxygen atoms in total. The zero-order chi connectivity index (χ0) is 20.4. The number of anilines is 1. The van der Waals surface area contributed by atoms with E-state index in [-0.39, 0.29) is 18.1 Å². The van der Waals surface area contributed by atoms with Gasteiger partial charge in [-0.05, 0) is 44.2 Å². The number of nitrogens with one attached hydrogen (secondary N) is 1. The summed E-state index contributed by atoms with van der Waals surface area (Å²) in [5.74, 6) is -0.977. The van der Waals surface area contributed by atoms with Gasteiger partial charge in [-0.1, -0.05) is 28.8 Å². The van der Waals surface area contributed by atoms with E-state index in [2.05, 4.69) is 5.32 Å². The van der Waals surface area contributed by atoms with Crippen molar-refractivity contribution in [3.8, 4) is 0 Å². The van der Waals surface area contributed by atoms with Gasteiger partial charge in [-0.2, -0.15) is 13.2 Å². The molecule has 0 saturated heterocycles. The molecule has 0 saturated carbocycles. The van der Waals surface area contributed by atoms with Gasteiger partial charge in [-0.3, -0.25) is 9.59 Å². The van der Waals surface area contributed by atoms with Crippen molar-refractivity contribution >= 4 is 29.1 Å². The molecule has 0 radical (unpaired) electrons. The predicted octanol–water partition coefficient (Wildman–Crippen LogP) is 4.69. The minimum absolute atomic E-state index is 0.0519. The molecule has 0 fully saturated rings. The van der Waals surface area contributed by atoms with E-state index in [0.29, 0.717) is 5.56 Å². The lowest BCUT2D eigenvalue weighted by Gasteiger charge is -2.18. The smallest absolute Gasteiger partial charge is 0.332 e. The summed E-state index contributed by atoms with van der Waals surface area (Å²) in [6, 6.07) is 8.41. The second-order valence-corrected chi connectivity index (χ2v) is 6.69. The molecule has 0 aromatic heterocycles. The summed E-state index contributed by atoms with van der Waals surface area (Å²) in [5.41, 5.74) is 1.17. The molecule has 0 aliphatic carbocycles. The van der Waals surface area contributed by atoms with Gasteiger partial charge in [-0.15, -0.1) is 0 Å². The van der Waals surface area contributed by atoms with Crippen molar-refractivity contribution in [2.75, 3.05) is 18.9 Å². The summed E-state index contributed by atoms with van der Waals surface area (Å²) in [7, 11) is 1.45. The van der Waals surface area contributed by atoms with Crippen LogP contribution in [0.5, 0.6) is 0 Å². The highest BCUT2D eigenvalue weighted by Gasteiger charge is 2.33. The van der Waals surface area contributed by atoms with Crippen LogP contribution in [0.25, 0.3) is 0 Å². The average molecular weight is 399 g/mol. The Labute approximate surface area is 159 Å². The Bertz CT molecular complexity index is 861. The van der Waals surface area contributed by atoms with Gasteiger partial charge in [0.25, 0.3) is 5.91 Å². The third-order valence-corrected chi connectivity index (χ3v) is 4.08. The number of halogens is 4. The number of amides is 2. The number of hydrogen-bond acceptors (Lipinski definition) is 2. The van der Waals surface area contributed by atoms with Crippen LogP contribution in [0.15, 0.2) is 36.4 Å². The van der Waals surface area contributed by atoms with Gasteiger partial charge >= 0.3 is 6.18 Å². The molecular weight excluding hydrogens is 381 g/mol. The second-order valence-electron chi connectivity index (χ2n) is 6.28. The molecule has 0 unspecified atom stereocenters. The first-order chi connectivity index (χ1) is 12.5. The lowest BCUT2D eigenvalue weighted by atomic mass is 10.1. The lowest BCUT2D eigenvalue weighted by molar-refractivity contribution is -0.137. The molecule has 2 amide bonds. The molecule has 0 spiro atoms. The van der Waals surface area contributed by atoms with Gasteiger partial charge in [-0.25, -0.2) is 0 Å². The molecule has 8 heteroatoms. The molecule has 0 aliphatic heterocycles.